The first-order chi connectivity index (χ1) is 3.31. The summed E-state index contributed by atoms with van der Waals surface area (Å²) in [6.45, 7) is 4.76. The Labute approximate surface area is 43.4 Å². The predicted molar refractivity (Wildman–Crippen MR) is 29.9 cm³/mol. The number of allylic oxidation sites excluding steroid dienone is 3. The van der Waals surface area contributed by atoms with E-state index in [2.05, 4.69) is 6.58 Å². The average molecular weight is 100 g/mol. The topological polar surface area (TPSA) is 0 Å². The molecule has 0 aromatic rings. The van der Waals surface area contributed by atoms with Crippen LogP contribution < -0.4 is 0 Å². The molecule has 0 bridgehead atoms. The molecule has 0 rings (SSSR count). The molecule has 0 saturated carbocycles. The fraction of sp³-hybridized carbons (Fsp3) is 0.333. The van der Waals surface area contributed by atoms with E-state index >= 15 is 0 Å². The summed E-state index contributed by atoms with van der Waals surface area (Å²) in [5, 5.41) is 0. The lowest BCUT2D eigenvalue weighted by Crippen LogP contribution is -1.72. The molecule has 0 unspecified atom stereocenters. The van der Waals surface area contributed by atoms with Crippen molar-refractivity contribution in [2.75, 3.05) is 6.67 Å². The number of hydrogen-bond donors (Lipinski definition) is 0. The van der Waals surface area contributed by atoms with Crippen LogP contribution in [0, 0.1) is 0 Å². The smallest absolute Gasteiger partial charge is 0.111 e. The normalized spacial score (nSPS) is 11.4. The summed E-state index contributed by atoms with van der Waals surface area (Å²) in [5.41, 5.74) is 0.718. The molecule has 0 fully saturated rings. The first kappa shape index (κ1) is 6.41. The Bertz CT molecular complexity index is 82.2. The molecule has 0 amide bonds. The predicted octanol–water partition coefficient (Wildman–Crippen LogP) is 2.09. The van der Waals surface area contributed by atoms with Crippen LogP contribution in [0.2, 0.25) is 0 Å². The highest BCUT2D eigenvalue weighted by molar-refractivity contribution is 5.07. The Morgan fingerprint density at radius 2 is 2.43 bits per heavy atom. The van der Waals surface area contributed by atoms with Gasteiger partial charge in [-0.3, -0.25) is 0 Å². The summed E-state index contributed by atoms with van der Waals surface area (Å²) in [6, 6.07) is 0. The van der Waals surface area contributed by atoms with Crippen molar-refractivity contribution in [1.82, 2.24) is 0 Å². The van der Waals surface area contributed by atoms with E-state index in [9.17, 15) is 4.39 Å². The fourth-order valence-electron chi connectivity index (χ4n) is 0.246. The summed E-state index contributed by atoms with van der Waals surface area (Å²) in [4.78, 5) is 0. The Balaban J connectivity index is 3.49. The van der Waals surface area contributed by atoms with Crippen LogP contribution >= 0.6 is 0 Å². The maximum absolute atomic E-state index is 11.5. The van der Waals surface area contributed by atoms with Crippen LogP contribution in [0.3, 0.4) is 0 Å². The van der Waals surface area contributed by atoms with E-state index in [1.54, 1.807) is 19.1 Å². The van der Waals surface area contributed by atoms with Crippen LogP contribution in [0.1, 0.15) is 6.92 Å². The molecule has 0 aliphatic carbocycles. The quantitative estimate of drug-likeness (QED) is 0.466. The van der Waals surface area contributed by atoms with Crippen LogP contribution in [0.5, 0.6) is 0 Å². The molecular formula is C6H9F. The van der Waals surface area contributed by atoms with Crippen LogP contribution in [-0.2, 0) is 0 Å². The lowest BCUT2D eigenvalue weighted by Gasteiger charge is -1.83. The van der Waals surface area contributed by atoms with E-state index < -0.39 is 0 Å². The Hall–Kier alpha value is -0.590. The van der Waals surface area contributed by atoms with Crippen molar-refractivity contribution in [3.63, 3.8) is 0 Å². The molecular weight excluding hydrogens is 91.1 g/mol. The van der Waals surface area contributed by atoms with Crippen molar-refractivity contribution < 1.29 is 4.39 Å². The molecule has 0 heterocycles. The summed E-state index contributed by atoms with van der Waals surface area (Å²) in [7, 11) is 0. The molecule has 0 aromatic carbocycles. The van der Waals surface area contributed by atoms with Crippen molar-refractivity contribution in [3.8, 4) is 0 Å². The molecule has 0 spiro atoms. The Kier molecular flexibility index (Phi) is 3.29. The minimum absolute atomic E-state index is 0.369. The molecule has 0 N–H and O–H groups in total. The molecule has 40 valence electrons. The second kappa shape index (κ2) is 3.59. The van der Waals surface area contributed by atoms with Gasteiger partial charge in [0.15, 0.2) is 0 Å². The van der Waals surface area contributed by atoms with Gasteiger partial charge >= 0.3 is 0 Å². The molecule has 1 heteroatoms. The van der Waals surface area contributed by atoms with Crippen molar-refractivity contribution in [1.29, 1.82) is 0 Å². The molecule has 0 aliphatic heterocycles. The SMILES string of the molecule is C=CC=C(C)CF. The zero-order valence-electron chi connectivity index (χ0n) is 4.45. The van der Waals surface area contributed by atoms with Crippen LogP contribution in [0.15, 0.2) is 24.3 Å². The first-order valence-electron chi connectivity index (χ1n) is 2.15. The van der Waals surface area contributed by atoms with Crippen LogP contribution in [0.25, 0.3) is 0 Å². The maximum Gasteiger partial charge on any atom is 0.111 e. The van der Waals surface area contributed by atoms with Gasteiger partial charge in [-0.05, 0) is 12.5 Å². The van der Waals surface area contributed by atoms with E-state index in [0.717, 1.165) is 5.57 Å². The molecule has 0 aliphatic rings. The Morgan fingerprint density at radius 1 is 1.86 bits per heavy atom. The lowest BCUT2D eigenvalue weighted by atomic mass is 10.3. The summed E-state index contributed by atoms with van der Waals surface area (Å²) >= 11 is 0. The zero-order valence-corrected chi connectivity index (χ0v) is 4.45. The largest absolute Gasteiger partial charge is 0.246 e. The van der Waals surface area contributed by atoms with Gasteiger partial charge in [-0.15, -0.1) is 0 Å². The Morgan fingerprint density at radius 3 is 2.57 bits per heavy atom. The van der Waals surface area contributed by atoms with Gasteiger partial charge in [0, 0.05) is 0 Å². The van der Waals surface area contributed by atoms with Crippen molar-refractivity contribution in [3.05, 3.63) is 24.3 Å². The van der Waals surface area contributed by atoms with E-state index in [0.29, 0.717) is 0 Å². The van der Waals surface area contributed by atoms with Gasteiger partial charge in [-0.25, -0.2) is 4.39 Å². The third kappa shape index (κ3) is 3.23. The van der Waals surface area contributed by atoms with E-state index in [1.807, 2.05) is 0 Å². The van der Waals surface area contributed by atoms with Gasteiger partial charge in [0.2, 0.25) is 0 Å². The zero-order chi connectivity index (χ0) is 5.70. The minimum atomic E-state index is -0.369. The molecule has 0 saturated heterocycles. The lowest BCUT2D eigenvalue weighted by molar-refractivity contribution is 0.543. The number of halogens is 1. The summed E-state index contributed by atoms with van der Waals surface area (Å²) in [5.74, 6) is 0. The van der Waals surface area contributed by atoms with Gasteiger partial charge < -0.3 is 0 Å². The van der Waals surface area contributed by atoms with E-state index in [-0.39, 0.29) is 6.67 Å². The summed E-state index contributed by atoms with van der Waals surface area (Å²) in [6.07, 6.45) is 3.23. The maximum atomic E-state index is 11.5. The highest BCUT2D eigenvalue weighted by Crippen LogP contribution is 1.90. The van der Waals surface area contributed by atoms with Gasteiger partial charge in [0.05, 0.1) is 0 Å². The highest BCUT2D eigenvalue weighted by Gasteiger charge is 1.78. The second-order valence-corrected chi connectivity index (χ2v) is 1.38. The van der Waals surface area contributed by atoms with Crippen molar-refractivity contribution in [2.24, 2.45) is 0 Å². The summed E-state index contributed by atoms with van der Waals surface area (Å²) < 4.78 is 11.5. The molecule has 0 radical (unpaired) electrons. The third-order valence-corrected chi connectivity index (χ3v) is 0.613. The molecule has 0 atom stereocenters. The first-order valence-corrected chi connectivity index (χ1v) is 2.15. The molecule has 0 nitrogen and oxygen atoms in total. The number of rotatable bonds is 2. The van der Waals surface area contributed by atoms with Crippen molar-refractivity contribution >= 4 is 0 Å². The minimum Gasteiger partial charge on any atom is -0.246 e. The highest BCUT2D eigenvalue weighted by atomic mass is 19.1. The fourth-order valence-corrected chi connectivity index (χ4v) is 0.246. The average Bonchev–Trinajstić information content (AvgIpc) is 1.68. The molecule has 0 aromatic heterocycles. The number of alkyl halides is 1. The monoisotopic (exact) mass is 100 g/mol. The van der Waals surface area contributed by atoms with Gasteiger partial charge in [0.25, 0.3) is 0 Å². The van der Waals surface area contributed by atoms with Gasteiger partial charge in [-0.2, -0.15) is 0 Å². The van der Waals surface area contributed by atoms with Gasteiger partial charge in [0.1, 0.15) is 6.67 Å². The van der Waals surface area contributed by atoms with Crippen LogP contribution in [-0.4, -0.2) is 6.67 Å². The third-order valence-electron chi connectivity index (χ3n) is 0.613. The van der Waals surface area contributed by atoms with Crippen LogP contribution in [0.4, 0.5) is 4.39 Å². The number of hydrogen-bond acceptors (Lipinski definition) is 0. The van der Waals surface area contributed by atoms with Crippen molar-refractivity contribution in [2.45, 2.75) is 6.92 Å². The standard InChI is InChI=1S/C6H9F/c1-3-4-6(2)5-7/h3-4H,1,5H2,2H3. The second-order valence-electron chi connectivity index (χ2n) is 1.38. The van der Waals surface area contributed by atoms with Gasteiger partial charge in [-0.1, -0.05) is 18.7 Å². The van der Waals surface area contributed by atoms with E-state index in [1.165, 1.54) is 0 Å². The molecule has 7 heavy (non-hydrogen) atoms. The van der Waals surface area contributed by atoms with E-state index in [4.69, 9.17) is 0 Å².